The van der Waals surface area contributed by atoms with Gasteiger partial charge >= 0.3 is 0 Å². The van der Waals surface area contributed by atoms with Crippen LogP contribution in [0.5, 0.6) is 11.5 Å². The molecular formula is C41H44O8S2. The number of methoxy groups -OCH3 is 2. The second-order valence-electron chi connectivity index (χ2n) is 15.5. The van der Waals surface area contributed by atoms with Crippen molar-refractivity contribution in [3.63, 3.8) is 0 Å². The number of benzene rings is 4. The SMILES string of the molecule is COc1c2c(c(OC)c3ccccc13)[C@H]1[C@H]3C[C@@H]([C@@H]21)[C@@H]1[C@@H]2CC[C@@H]([C@@H](COS(=O)(=O)c4ccc(C)cc4)[C@@H]2COS(=O)(=O)c2ccc(C)cc2)[C@H]31. The molecule has 6 aliphatic rings. The van der Waals surface area contributed by atoms with Gasteiger partial charge in [-0.1, -0.05) is 59.7 Å². The van der Waals surface area contributed by atoms with Gasteiger partial charge in [0.2, 0.25) is 0 Å². The molecule has 51 heavy (non-hydrogen) atoms. The summed E-state index contributed by atoms with van der Waals surface area (Å²) >= 11 is 0. The van der Waals surface area contributed by atoms with Crippen molar-refractivity contribution in [1.29, 1.82) is 0 Å². The first-order valence-electron chi connectivity index (χ1n) is 18.1. The van der Waals surface area contributed by atoms with Crippen molar-refractivity contribution in [3.05, 3.63) is 95.1 Å². The van der Waals surface area contributed by atoms with Gasteiger partial charge in [0.25, 0.3) is 20.2 Å². The van der Waals surface area contributed by atoms with Crippen molar-refractivity contribution >= 4 is 31.0 Å². The molecule has 4 bridgehead atoms. The fourth-order valence-electron chi connectivity index (χ4n) is 11.7. The third-order valence-electron chi connectivity index (χ3n) is 13.5. The molecule has 0 saturated heterocycles. The maximum Gasteiger partial charge on any atom is 0.296 e. The van der Waals surface area contributed by atoms with E-state index in [0.29, 0.717) is 35.5 Å². The molecule has 0 amide bonds. The average molecular weight is 729 g/mol. The van der Waals surface area contributed by atoms with E-state index in [9.17, 15) is 16.8 Å². The second kappa shape index (κ2) is 12.0. The van der Waals surface area contributed by atoms with Crippen molar-refractivity contribution in [2.24, 2.45) is 47.3 Å². The molecule has 0 spiro atoms. The highest BCUT2D eigenvalue weighted by atomic mass is 32.2. The summed E-state index contributed by atoms with van der Waals surface area (Å²) in [6.45, 7) is 3.83. The summed E-state index contributed by atoms with van der Waals surface area (Å²) in [6.07, 6.45) is 3.04. The van der Waals surface area contributed by atoms with Crippen LogP contribution in [0.2, 0.25) is 0 Å². The number of rotatable bonds is 10. The third kappa shape index (κ3) is 4.96. The van der Waals surface area contributed by atoms with Crippen molar-refractivity contribution in [2.75, 3.05) is 27.4 Å². The molecular weight excluding hydrogens is 685 g/mol. The zero-order valence-corrected chi connectivity index (χ0v) is 31.0. The normalized spacial score (nSPS) is 31.5. The van der Waals surface area contributed by atoms with Gasteiger partial charge in [-0.25, -0.2) is 0 Å². The van der Waals surface area contributed by atoms with E-state index in [4.69, 9.17) is 17.8 Å². The lowest BCUT2D eigenvalue weighted by Crippen LogP contribution is -2.58. The Kier molecular flexibility index (Phi) is 7.89. The molecule has 0 heterocycles. The van der Waals surface area contributed by atoms with Gasteiger partial charge in [-0.3, -0.25) is 8.37 Å². The van der Waals surface area contributed by atoms with Crippen LogP contribution in [0.1, 0.15) is 53.4 Å². The quantitative estimate of drug-likeness (QED) is 0.154. The van der Waals surface area contributed by atoms with Gasteiger partial charge in [0.05, 0.1) is 37.2 Å². The first-order valence-corrected chi connectivity index (χ1v) is 20.9. The second-order valence-corrected chi connectivity index (χ2v) is 18.8. The van der Waals surface area contributed by atoms with Crippen molar-refractivity contribution in [1.82, 2.24) is 0 Å². The molecule has 0 N–H and O–H groups in total. The van der Waals surface area contributed by atoms with E-state index >= 15 is 0 Å². The van der Waals surface area contributed by atoms with Crippen molar-refractivity contribution in [2.45, 2.75) is 54.7 Å². The minimum atomic E-state index is -4.01. The van der Waals surface area contributed by atoms with Gasteiger partial charge in [-0.05, 0) is 117 Å². The Balaban J connectivity index is 1.08. The Morgan fingerprint density at radius 2 is 0.961 bits per heavy atom. The molecule has 0 aromatic heterocycles. The Bertz CT molecular complexity index is 2070. The molecule has 10 atom stereocenters. The van der Waals surface area contributed by atoms with E-state index in [1.165, 1.54) is 11.1 Å². The number of ether oxygens (including phenoxy) is 2. The Morgan fingerprint density at radius 1 is 0.569 bits per heavy atom. The standard InChI is InChI=1S/C41H44O8S2/c1-22-9-13-24(14-10-22)50(42,43)48-20-32-26-17-18-27(33(32)21-49-51(44,45)25-15-11-23(2)12-16-25)35-31-19-30(34(26)35)36-37(31)39-38(36)40(46-3)28-7-5-6-8-29(28)41(39)47-4/h5-16,26-27,30-37H,17-21H2,1-4H3/t26-,27+,30-,31+,32-,33-,34+,35-,36-,37+/m1/s1. The Hall–Kier alpha value is -3.44. The van der Waals surface area contributed by atoms with Crippen LogP contribution in [-0.4, -0.2) is 44.3 Å². The predicted molar refractivity (Wildman–Crippen MR) is 193 cm³/mol. The molecule has 4 aromatic rings. The highest BCUT2D eigenvalue weighted by molar-refractivity contribution is 7.87. The lowest BCUT2D eigenvalue weighted by atomic mass is 9.43. The highest BCUT2D eigenvalue weighted by Crippen LogP contribution is 2.79. The maximum absolute atomic E-state index is 13.5. The molecule has 10 rings (SSSR count). The molecule has 4 aromatic carbocycles. The van der Waals surface area contributed by atoms with Gasteiger partial charge in [0, 0.05) is 21.9 Å². The molecule has 6 aliphatic carbocycles. The predicted octanol–water partition coefficient (Wildman–Crippen LogP) is 7.62. The average Bonchev–Trinajstić information content (AvgIpc) is 3.66. The van der Waals surface area contributed by atoms with E-state index in [1.54, 1.807) is 62.8 Å². The summed E-state index contributed by atoms with van der Waals surface area (Å²) in [5, 5.41) is 2.14. The lowest BCUT2D eigenvalue weighted by molar-refractivity contribution is -0.128. The van der Waals surface area contributed by atoms with Crippen LogP contribution in [0.4, 0.5) is 0 Å². The van der Waals surface area contributed by atoms with Crippen LogP contribution in [0.3, 0.4) is 0 Å². The first kappa shape index (κ1) is 33.4. The molecule has 5 saturated carbocycles. The minimum absolute atomic E-state index is 0.00303. The molecule has 0 radical (unpaired) electrons. The van der Waals surface area contributed by atoms with Gasteiger partial charge < -0.3 is 9.47 Å². The van der Waals surface area contributed by atoms with E-state index in [1.807, 2.05) is 26.0 Å². The molecule has 0 aliphatic heterocycles. The fraction of sp³-hybridized carbons (Fsp3) is 0.463. The van der Waals surface area contributed by atoms with E-state index in [2.05, 4.69) is 12.1 Å². The summed E-state index contributed by atoms with van der Waals surface area (Å²) in [7, 11) is -4.51. The monoisotopic (exact) mass is 728 g/mol. The zero-order chi connectivity index (χ0) is 35.4. The summed E-state index contributed by atoms with van der Waals surface area (Å²) in [6, 6.07) is 21.7. The van der Waals surface area contributed by atoms with E-state index < -0.39 is 20.2 Å². The summed E-state index contributed by atoms with van der Waals surface area (Å²) in [4.78, 5) is 0.257. The zero-order valence-electron chi connectivity index (χ0n) is 29.3. The maximum atomic E-state index is 13.5. The van der Waals surface area contributed by atoms with Gasteiger partial charge in [0.1, 0.15) is 11.5 Å². The van der Waals surface area contributed by atoms with Crippen molar-refractivity contribution < 1.29 is 34.7 Å². The highest BCUT2D eigenvalue weighted by Gasteiger charge is 2.71. The number of hydrogen-bond donors (Lipinski definition) is 0. The van der Waals surface area contributed by atoms with E-state index in [-0.39, 0.29) is 46.7 Å². The molecule has 0 unspecified atom stereocenters. The smallest absolute Gasteiger partial charge is 0.296 e. The van der Waals surface area contributed by atoms with Crippen molar-refractivity contribution in [3.8, 4) is 11.5 Å². The molecule has 8 nitrogen and oxygen atoms in total. The summed E-state index contributed by atoms with van der Waals surface area (Å²) in [5.74, 6) is 4.31. The number of hydrogen-bond acceptors (Lipinski definition) is 8. The summed E-state index contributed by atoms with van der Waals surface area (Å²) in [5.41, 5.74) is 4.49. The van der Waals surface area contributed by atoms with Crippen LogP contribution in [0.25, 0.3) is 10.8 Å². The third-order valence-corrected chi connectivity index (χ3v) is 16.1. The number of aryl methyl sites for hydroxylation is 2. The molecule has 268 valence electrons. The van der Waals surface area contributed by atoms with Gasteiger partial charge in [-0.2, -0.15) is 16.8 Å². The summed E-state index contributed by atoms with van der Waals surface area (Å²) < 4.78 is 78.1. The van der Waals surface area contributed by atoms with Gasteiger partial charge in [-0.15, -0.1) is 0 Å². The first-order chi connectivity index (χ1) is 24.5. The van der Waals surface area contributed by atoms with Gasteiger partial charge in [0.15, 0.2) is 0 Å². The fourth-order valence-corrected chi connectivity index (χ4v) is 13.6. The lowest BCUT2D eigenvalue weighted by Gasteiger charge is -2.62. The van der Waals surface area contributed by atoms with Crippen LogP contribution in [0, 0.1) is 61.2 Å². The number of fused-ring (bicyclic) bond motifs is 11. The Labute approximate surface area is 300 Å². The van der Waals surface area contributed by atoms with Crippen LogP contribution < -0.4 is 9.47 Å². The Morgan fingerprint density at radius 3 is 1.33 bits per heavy atom. The van der Waals surface area contributed by atoms with Crippen LogP contribution in [-0.2, 0) is 28.6 Å². The molecule has 5 fully saturated rings. The van der Waals surface area contributed by atoms with E-state index in [0.717, 1.165) is 52.7 Å². The topological polar surface area (TPSA) is 105 Å². The van der Waals surface area contributed by atoms with Crippen LogP contribution >= 0.6 is 0 Å². The molecule has 10 heteroatoms. The largest absolute Gasteiger partial charge is 0.496 e. The minimum Gasteiger partial charge on any atom is -0.496 e. The van der Waals surface area contributed by atoms with Crippen LogP contribution in [0.15, 0.2) is 82.6 Å².